The Morgan fingerprint density at radius 1 is 0.529 bits per heavy atom. The van der Waals surface area contributed by atoms with Crippen molar-refractivity contribution in [3.63, 3.8) is 0 Å². The van der Waals surface area contributed by atoms with Crippen molar-refractivity contribution < 1.29 is 9.47 Å². The van der Waals surface area contributed by atoms with Crippen molar-refractivity contribution in [3.8, 4) is 35.4 Å². The number of nitrogens with zero attached hydrogens (tertiary/aromatic N) is 4. The molecule has 0 aliphatic heterocycles. The van der Waals surface area contributed by atoms with Crippen LogP contribution < -0.4 is 9.47 Å². The Labute approximate surface area is 205 Å². The summed E-state index contributed by atoms with van der Waals surface area (Å²) in [6, 6.07) is 0. The minimum Gasteiger partial charge on any atom is -0.477 e. The van der Waals surface area contributed by atoms with E-state index in [1.807, 2.05) is 0 Å². The molecule has 0 aliphatic carbocycles. The predicted octanol–water partition coefficient (Wildman–Crippen LogP) is 6.15. The fourth-order valence-corrected chi connectivity index (χ4v) is 3.22. The summed E-state index contributed by atoms with van der Waals surface area (Å²) in [5.74, 6) is 12.3. The van der Waals surface area contributed by atoms with Gasteiger partial charge in [-0.25, -0.2) is 19.9 Å². The molecule has 6 heteroatoms. The molecule has 182 valence electrons. The highest BCUT2D eigenvalue weighted by atomic mass is 16.5. The van der Waals surface area contributed by atoms with Gasteiger partial charge in [-0.1, -0.05) is 78.1 Å². The summed E-state index contributed by atoms with van der Waals surface area (Å²) >= 11 is 0. The summed E-state index contributed by atoms with van der Waals surface area (Å²) < 4.78 is 11.3. The number of hydrogen-bond donors (Lipinski definition) is 0. The molecule has 0 amide bonds. The summed E-state index contributed by atoms with van der Waals surface area (Å²) in [5, 5.41) is 0. The van der Waals surface area contributed by atoms with Crippen molar-refractivity contribution in [2.45, 2.75) is 90.9 Å². The number of hydrogen-bond acceptors (Lipinski definition) is 6. The van der Waals surface area contributed by atoms with Crippen LogP contribution in [0.1, 0.15) is 102 Å². The van der Waals surface area contributed by atoms with Gasteiger partial charge in [-0.15, -0.1) is 0 Å². The molecular weight excluding hydrogens is 424 g/mol. The first-order chi connectivity index (χ1) is 16.8. The topological polar surface area (TPSA) is 70.0 Å². The third-order valence-corrected chi connectivity index (χ3v) is 5.20. The van der Waals surface area contributed by atoms with E-state index in [0.29, 0.717) is 36.4 Å². The normalized spacial score (nSPS) is 10.1. The molecule has 0 atom stereocenters. The van der Waals surface area contributed by atoms with E-state index in [2.05, 4.69) is 57.5 Å². The largest absolute Gasteiger partial charge is 0.477 e. The molecule has 0 aliphatic rings. The molecule has 0 radical (unpaired) electrons. The zero-order valence-electron chi connectivity index (χ0n) is 20.8. The van der Waals surface area contributed by atoms with E-state index in [1.54, 1.807) is 24.8 Å². The second kappa shape index (κ2) is 18.3. The SMILES string of the molecule is CCCCCCCCOc1cnc(C#CC#Cc2cnc(OCCCCCCCC)cn2)cn1. The molecule has 2 aromatic heterocycles. The minimum atomic E-state index is 0.527. The summed E-state index contributed by atoms with van der Waals surface area (Å²) in [7, 11) is 0. The molecule has 2 heterocycles. The Kier molecular flexibility index (Phi) is 14.6. The Hall–Kier alpha value is -3.12. The summed E-state index contributed by atoms with van der Waals surface area (Å²) in [6.45, 7) is 5.79. The van der Waals surface area contributed by atoms with Crippen LogP contribution in [0.4, 0.5) is 0 Å². The lowest BCUT2D eigenvalue weighted by Crippen LogP contribution is -2.00. The van der Waals surface area contributed by atoms with Gasteiger partial charge in [0, 0.05) is 0 Å². The van der Waals surface area contributed by atoms with Crippen LogP contribution in [0.2, 0.25) is 0 Å². The van der Waals surface area contributed by atoms with Crippen LogP contribution in [0.25, 0.3) is 0 Å². The fourth-order valence-electron chi connectivity index (χ4n) is 3.22. The highest BCUT2D eigenvalue weighted by Crippen LogP contribution is 2.09. The monoisotopic (exact) mass is 462 g/mol. The summed E-state index contributed by atoms with van der Waals surface area (Å²) in [6.07, 6.45) is 21.2. The van der Waals surface area contributed by atoms with E-state index in [9.17, 15) is 0 Å². The first kappa shape index (κ1) is 27.1. The molecule has 0 spiro atoms. The van der Waals surface area contributed by atoms with Gasteiger partial charge in [-0.3, -0.25) is 0 Å². The quantitative estimate of drug-likeness (QED) is 0.220. The average Bonchev–Trinajstić information content (AvgIpc) is 2.87. The highest BCUT2D eigenvalue weighted by molar-refractivity contribution is 5.39. The Bertz CT molecular complexity index is 828. The Morgan fingerprint density at radius 2 is 0.941 bits per heavy atom. The third-order valence-electron chi connectivity index (χ3n) is 5.20. The van der Waals surface area contributed by atoms with Gasteiger partial charge in [0.15, 0.2) is 0 Å². The molecule has 2 aromatic rings. The molecule has 0 saturated heterocycles. The van der Waals surface area contributed by atoms with Gasteiger partial charge in [-0.05, 0) is 36.5 Å². The lowest BCUT2D eigenvalue weighted by atomic mass is 10.1. The molecule has 0 aromatic carbocycles. The number of rotatable bonds is 16. The van der Waals surface area contributed by atoms with Crippen LogP contribution in [0.3, 0.4) is 0 Å². The fraction of sp³-hybridized carbons (Fsp3) is 0.571. The van der Waals surface area contributed by atoms with E-state index in [4.69, 9.17) is 9.47 Å². The highest BCUT2D eigenvalue weighted by Gasteiger charge is 1.98. The van der Waals surface area contributed by atoms with Crippen molar-refractivity contribution in [2.24, 2.45) is 0 Å². The Morgan fingerprint density at radius 3 is 1.32 bits per heavy atom. The molecule has 0 fully saturated rings. The van der Waals surface area contributed by atoms with Gasteiger partial charge in [0.05, 0.1) is 38.0 Å². The van der Waals surface area contributed by atoms with Gasteiger partial charge in [0.2, 0.25) is 11.8 Å². The molecule has 2 rings (SSSR count). The second-order valence-corrected chi connectivity index (χ2v) is 8.21. The molecule has 34 heavy (non-hydrogen) atoms. The van der Waals surface area contributed by atoms with E-state index < -0.39 is 0 Å². The minimum absolute atomic E-state index is 0.527. The number of aromatic nitrogens is 4. The zero-order valence-corrected chi connectivity index (χ0v) is 20.8. The first-order valence-corrected chi connectivity index (χ1v) is 12.7. The van der Waals surface area contributed by atoms with Crippen molar-refractivity contribution >= 4 is 0 Å². The lowest BCUT2D eigenvalue weighted by Gasteiger charge is -2.04. The van der Waals surface area contributed by atoms with Crippen molar-refractivity contribution in [1.82, 2.24) is 19.9 Å². The van der Waals surface area contributed by atoms with E-state index in [-0.39, 0.29) is 0 Å². The van der Waals surface area contributed by atoms with Crippen LogP contribution in [0.5, 0.6) is 11.8 Å². The van der Waals surface area contributed by atoms with Gasteiger partial charge in [-0.2, -0.15) is 0 Å². The third kappa shape index (κ3) is 12.8. The number of unbranched alkanes of at least 4 members (excludes halogenated alkanes) is 10. The molecule has 0 N–H and O–H groups in total. The van der Waals surface area contributed by atoms with Gasteiger partial charge in [0.1, 0.15) is 11.4 Å². The molecule has 0 saturated carbocycles. The average molecular weight is 463 g/mol. The molecular formula is C28H38N4O2. The van der Waals surface area contributed by atoms with Crippen molar-refractivity contribution in [2.75, 3.05) is 13.2 Å². The second-order valence-electron chi connectivity index (χ2n) is 8.21. The zero-order chi connectivity index (χ0) is 24.1. The smallest absolute Gasteiger partial charge is 0.232 e. The van der Waals surface area contributed by atoms with Crippen LogP contribution in [0, 0.1) is 23.7 Å². The maximum absolute atomic E-state index is 5.64. The van der Waals surface area contributed by atoms with Crippen LogP contribution in [-0.2, 0) is 0 Å². The maximum atomic E-state index is 5.64. The van der Waals surface area contributed by atoms with Crippen LogP contribution in [0.15, 0.2) is 24.8 Å². The van der Waals surface area contributed by atoms with Gasteiger partial charge in [0.25, 0.3) is 0 Å². The van der Waals surface area contributed by atoms with E-state index in [1.165, 1.54) is 64.2 Å². The maximum Gasteiger partial charge on any atom is 0.232 e. The molecule has 0 bridgehead atoms. The Balaban J connectivity index is 1.66. The molecule has 6 nitrogen and oxygen atoms in total. The summed E-state index contributed by atoms with van der Waals surface area (Å²) in [4.78, 5) is 17.0. The van der Waals surface area contributed by atoms with Crippen molar-refractivity contribution in [3.05, 3.63) is 36.2 Å². The number of ether oxygens (including phenoxy) is 2. The predicted molar refractivity (Wildman–Crippen MR) is 136 cm³/mol. The van der Waals surface area contributed by atoms with Gasteiger partial charge >= 0.3 is 0 Å². The van der Waals surface area contributed by atoms with E-state index >= 15 is 0 Å². The van der Waals surface area contributed by atoms with Crippen LogP contribution >= 0.6 is 0 Å². The standard InChI is InChI=1S/C28H38N4O2/c1-3-5-7-9-11-15-19-33-27-23-29-25(21-31-27)17-13-14-18-26-22-32-28(24-30-26)34-20-16-12-10-8-6-4-2/h21-24H,3-12,15-16,19-20H2,1-2H3. The van der Waals surface area contributed by atoms with Gasteiger partial charge < -0.3 is 9.47 Å². The van der Waals surface area contributed by atoms with E-state index in [0.717, 1.165) is 12.8 Å². The first-order valence-electron chi connectivity index (χ1n) is 12.7. The molecule has 0 unspecified atom stereocenters. The van der Waals surface area contributed by atoms with Crippen LogP contribution in [-0.4, -0.2) is 33.1 Å². The summed E-state index contributed by atoms with van der Waals surface area (Å²) in [5.41, 5.74) is 1.09. The lowest BCUT2D eigenvalue weighted by molar-refractivity contribution is 0.291. The van der Waals surface area contributed by atoms with Crippen molar-refractivity contribution in [1.29, 1.82) is 0 Å².